The van der Waals surface area contributed by atoms with Gasteiger partial charge in [-0.2, -0.15) is 0 Å². The molecule has 0 aliphatic rings. The first-order valence-electron chi connectivity index (χ1n) is 7.27. The Morgan fingerprint density at radius 3 is 2.36 bits per heavy atom. The molecular weight excluding hydrogens is 280 g/mol. The zero-order chi connectivity index (χ0) is 15.8. The molecule has 1 N–H and O–H groups in total. The van der Waals surface area contributed by atoms with Crippen LogP contribution in [-0.4, -0.2) is 24.3 Å². The third-order valence-corrected chi connectivity index (χ3v) is 3.25. The zero-order valence-electron chi connectivity index (χ0n) is 12.6. The summed E-state index contributed by atoms with van der Waals surface area (Å²) in [6.45, 7) is 2.94. The molecule has 4 nitrogen and oxygen atoms in total. The lowest BCUT2D eigenvalue weighted by molar-refractivity contribution is -0.136. The van der Waals surface area contributed by atoms with Crippen LogP contribution >= 0.6 is 0 Å². The van der Waals surface area contributed by atoms with E-state index in [1.807, 2.05) is 55.5 Å². The maximum Gasteiger partial charge on any atom is 0.303 e. The number of ether oxygens (including phenoxy) is 2. The second-order valence-electron chi connectivity index (χ2n) is 5.00. The second-order valence-corrected chi connectivity index (χ2v) is 5.00. The number of rotatable bonds is 8. The van der Waals surface area contributed by atoms with Gasteiger partial charge in [-0.05, 0) is 42.7 Å². The average Bonchev–Trinajstić information content (AvgIpc) is 2.52. The van der Waals surface area contributed by atoms with Crippen LogP contribution in [0.5, 0.6) is 11.5 Å². The van der Waals surface area contributed by atoms with Gasteiger partial charge in [-0.1, -0.05) is 30.3 Å². The van der Waals surface area contributed by atoms with Gasteiger partial charge in [0.1, 0.15) is 24.7 Å². The van der Waals surface area contributed by atoms with E-state index < -0.39 is 5.97 Å². The Labute approximate surface area is 130 Å². The zero-order valence-corrected chi connectivity index (χ0v) is 12.6. The van der Waals surface area contributed by atoms with E-state index in [2.05, 4.69) is 0 Å². The molecule has 2 rings (SSSR count). The molecule has 22 heavy (non-hydrogen) atoms. The van der Waals surface area contributed by atoms with Crippen LogP contribution in [0.4, 0.5) is 0 Å². The van der Waals surface area contributed by atoms with Crippen molar-refractivity contribution in [2.24, 2.45) is 0 Å². The van der Waals surface area contributed by atoms with Crippen LogP contribution in [0.25, 0.3) is 0 Å². The Balaban J connectivity index is 1.73. The molecule has 0 radical (unpaired) electrons. The number of para-hydroxylation sites is 1. The smallest absolute Gasteiger partial charge is 0.303 e. The molecule has 0 bridgehead atoms. The standard InChI is InChI=1S/C18H20O4/c1-14-4-2-3-5-17(14)22-13-12-21-16-9-6-15(7-10-16)8-11-18(19)20/h2-7,9-10H,8,11-13H2,1H3,(H,19,20). The van der Waals surface area contributed by atoms with Gasteiger partial charge in [0.25, 0.3) is 0 Å². The van der Waals surface area contributed by atoms with Gasteiger partial charge in [-0.25, -0.2) is 0 Å². The third-order valence-electron chi connectivity index (χ3n) is 3.25. The summed E-state index contributed by atoms with van der Waals surface area (Å²) in [5.41, 5.74) is 2.09. The number of aryl methyl sites for hydroxylation is 2. The number of carboxylic acids is 1. The lowest BCUT2D eigenvalue weighted by Crippen LogP contribution is -2.09. The minimum atomic E-state index is -0.784. The van der Waals surface area contributed by atoms with Gasteiger partial charge in [0.05, 0.1) is 0 Å². The molecule has 0 unspecified atom stereocenters. The highest BCUT2D eigenvalue weighted by Gasteiger charge is 2.01. The van der Waals surface area contributed by atoms with Crippen LogP contribution in [0.3, 0.4) is 0 Å². The second kappa shape index (κ2) is 8.08. The van der Waals surface area contributed by atoms with E-state index in [9.17, 15) is 4.79 Å². The summed E-state index contributed by atoms with van der Waals surface area (Å²) in [4.78, 5) is 10.5. The summed E-state index contributed by atoms with van der Waals surface area (Å²) in [7, 11) is 0. The quantitative estimate of drug-likeness (QED) is 0.758. The van der Waals surface area contributed by atoms with Gasteiger partial charge >= 0.3 is 5.97 Å². The summed E-state index contributed by atoms with van der Waals surface area (Å²) in [6, 6.07) is 15.3. The topological polar surface area (TPSA) is 55.8 Å². The van der Waals surface area contributed by atoms with Gasteiger partial charge in [-0.15, -0.1) is 0 Å². The van der Waals surface area contributed by atoms with E-state index in [0.29, 0.717) is 19.6 Å². The molecule has 0 atom stereocenters. The van der Waals surface area contributed by atoms with Crippen molar-refractivity contribution in [3.63, 3.8) is 0 Å². The van der Waals surface area contributed by atoms with E-state index in [1.165, 1.54) is 0 Å². The maximum absolute atomic E-state index is 10.5. The van der Waals surface area contributed by atoms with Crippen molar-refractivity contribution in [2.45, 2.75) is 19.8 Å². The fourth-order valence-corrected chi connectivity index (χ4v) is 2.03. The van der Waals surface area contributed by atoms with Crippen molar-refractivity contribution in [2.75, 3.05) is 13.2 Å². The summed E-state index contributed by atoms with van der Waals surface area (Å²) in [6.07, 6.45) is 0.677. The molecule has 116 valence electrons. The molecule has 0 amide bonds. The highest BCUT2D eigenvalue weighted by Crippen LogP contribution is 2.16. The van der Waals surface area contributed by atoms with Crippen molar-refractivity contribution < 1.29 is 19.4 Å². The van der Waals surface area contributed by atoms with E-state index in [-0.39, 0.29) is 6.42 Å². The highest BCUT2D eigenvalue weighted by molar-refractivity contribution is 5.67. The first kappa shape index (κ1) is 15.9. The van der Waals surface area contributed by atoms with Gasteiger partial charge in [-0.3, -0.25) is 4.79 Å². The van der Waals surface area contributed by atoms with Crippen molar-refractivity contribution in [1.29, 1.82) is 0 Å². The molecule has 2 aromatic rings. The molecule has 0 fully saturated rings. The summed E-state index contributed by atoms with van der Waals surface area (Å²) in [5, 5.41) is 8.65. The van der Waals surface area contributed by atoms with Crippen LogP contribution in [-0.2, 0) is 11.2 Å². The Hall–Kier alpha value is -2.49. The van der Waals surface area contributed by atoms with Crippen LogP contribution in [0.2, 0.25) is 0 Å². The van der Waals surface area contributed by atoms with E-state index >= 15 is 0 Å². The third kappa shape index (κ3) is 5.13. The Morgan fingerprint density at radius 1 is 1.00 bits per heavy atom. The van der Waals surface area contributed by atoms with E-state index in [1.54, 1.807) is 0 Å². The molecular formula is C18H20O4. The van der Waals surface area contributed by atoms with Gasteiger partial charge in [0.15, 0.2) is 0 Å². The van der Waals surface area contributed by atoms with Crippen molar-refractivity contribution in [3.05, 3.63) is 59.7 Å². The monoisotopic (exact) mass is 300 g/mol. The molecule has 0 aliphatic heterocycles. The number of carboxylic acid groups (broad SMARTS) is 1. The summed E-state index contributed by atoms with van der Waals surface area (Å²) < 4.78 is 11.3. The number of aliphatic carboxylic acids is 1. The van der Waals surface area contributed by atoms with Gasteiger partial charge < -0.3 is 14.6 Å². The minimum Gasteiger partial charge on any atom is -0.490 e. The molecule has 0 heterocycles. The lowest BCUT2D eigenvalue weighted by atomic mass is 10.1. The molecule has 0 aliphatic carbocycles. The van der Waals surface area contributed by atoms with Gasteiger partial charge in [0.2, 0.25) is 0 Å². The number of hydrogen-bond acceptors (Lipinski definition) is 3. The molecule has 4 heteroatoms. The SMILES string of the molecule is Cc1ccccc1OCCOc1ccc(CCC(=O)O)cc1. The van der Waals surface area contributed by atoms with Crippen LogP contribution in [0.1, 0.15) is 17.5 Å². The molecule has 0 saturated carbocycles. The van der Waals surface area contributed by atoms with Crippen molar-refractivity contribution in [1.82, 2.24) is 0 Å². The Bertz CT molecular complexity index is 605. The van der Waals surface area contributed by atoms with Crippen molar-refractivity contribution >= 4 is 5.97 Å². The van der Waals surface area contributed by atoms with Crippen molar-refractivity contribution in [3.8, 4) is 11.5 Å². The summed E-state index contributed by atoms with van der Waals surface area (Å²) in [5.74, 6) is 0.844. The Kier molecular flexibility index (Phi) is 5.83. The molecule has 2 aromatic carbocycles. The number of benzene rings is 2. The van der Waals surface area contributed by atoms with E-state index in [0.717, 1.165) is 22.6 Å². The summed E-state index contributed by atoms with van der Waals surface area (Å²) >= 11 is 0. The highest BCUT2D eigenvalue weighted by atomic mass is 16.5. The Morgan fingerprint density at radius 2 is 1.68 bits per heavy atom. The fraction of sp³-hybridized carbons (Fsp3) is 0.278. The average molecular weight is 300 g/mol. The van der Waals surface area contributed by atoms with Crippen LogP contribution < -0.4 is 9.47 Å². The fourth-order valence-electron chi connectivity index (χ4n) is 2.03. The van der Waals surface area contributed by atoms with Gasteiger partial charge in [0, 0.05) is 6.42 Å². The predicted molar refractivity (Wildman–Crippen MR) is 84.6 cm³/mol. The normalized spacial score (nSPS) is 10.2. The van der Waals surface area contributed by atoms with Crippen LogP contribution in [0, 0.1) is 6.92 Å². The number of carbonyl (C=O) groups is 1. The molecule has 0 aromatic heterocycles. The number of hydrogen-bond donors (Lipinski definition) is 1. The first-order chi connectivity index (χ1) is 10.6. The maximum atomic E-state index is 10.5. The molecule has 0 saturated heterocycles. The first-order valence-corrected chi connectivity index (χ1v) is 7.27. The largest absolute Gasteiger partial charge is 0.490 e. The molecule has 0 spiro atoms. The predicted octanol–water partition coefficient (Wildman–Crippen LogP) is 3.47. The van der Waals surface area contributed by atoms with E-state index in [4.69, 9.17) is 14.6 Å². The van der Waals surface area contributed by atoms with Crippen LogP contribution in [0.15, 0.2) is 48.5 Å². The lowest BCUT2D eigenvalue weighted by Gasteiger charge is -2.10. The minimum absolute atomic E-state index is 0.143.